The van der Waals surface area contributed by atoms with E-state index in [-0.39, 0.29) is 46.9 Å². The summed E-state index contributed by atoms with van der Waals surface area (Å²) in [5.74, 6) is -0.779. The predicted molar refractivity (Wildman–Crippen MR) is 94.1 cm³/mol. The van der Waals surface area contributed by atoms with E-state index in [0.29, 0.717) is 6.42 Å². The third-order valence-electron chi connectivity index (χ3n) is 5.18. The fourth-order valence-corrected chi connectivity index (χ4v) is 3.82. The quantitative estimate of drug-likeness (QED) is 0.619. The highest BCUT2D eigenvalue weighted by atomic mass is 19.3. The molecule has 10 heteroatoms. The molecule has 1 heterocycles. The van der Waals surface area contributed by atoms with Gasteiger partial charge < -0.3 is 19.5 Å². The first kappa shape index (κ1) is 20.3. The van der Waals surface area contributed by atoms with Gasteiger partial charge in [-0.15, -0.1) is 0 Å². The first-order valence-electron chi connectivity index (χ1n) is 8.95. The molecule has 0 bridgehead atoms. The van der Waals surface area contributed by atoms with Crippen LogP contribution in [0.25, 0.3) is 0 Å². The normalized spacial score (nSPS) is 26.5. The van der Waals surface area contributed by atoms with Crippen LogP contribution < -0.4 is 25.6 Å². The number of ether oxygens (including phenoxy) is 3. The number of alkyl halides is 2. The lowest BCUT2D eigenvalue weighted by atomic mass is 9.79. The number of carbonyl (C=O) groups excluding carboxylic acids is 2. The maximum atomic E-state index is 12.6. The molecule has 1 aliphatic heterocycles. The molecule has 3 rings (SSSR count). The van der Waals surface area contributed by atoms with Crippen LogP contribution in [0.15, 0.2) is 18.2 Å². The third-order valence-corrected chi connectivity index (χ3v) is 5.18. The van der Waals surface area contributed by atoms with E-state index in [2.05, 4.69) is 20.9 Å². The molecule has 1 aliphatic carbocycles. The fourth-order valence-electron chi connectivity index (χ4n) is 3.82. The van der Waals surface area contributed by atoms with E-state index in [1.807, 2.05) is 0 Å². The van der Waals surface area contributed by atoms with E-state index in [0.717, 1.165) is 12.8 Å². The lowest BCUT2D eigenvalue weighted by molar-refractivity contribution is -0.144. The molecule has 4 unspecified atom stereocenters. The fraction of sp³-hybridized carbons (Fsp3) is 0.556. The molecule has 1 aromatic carbocycles. The zero-order valence-electron chi connectivity index (χ0n) is 15.5. The Kier molecular flexibility index (Phi) is 6.30. The van der Waals surface area contributed by atoms with Crippen molar-refractivity contribution in [3.05, 3.63) is 23.8 Å². The number of amides is 1. The maximum Gasteiger partial charge on any atom is 0.387 e. The smallest absolute Gasteiger partial charge is 0.387 e. The number of esters is 1. The highest BCUT2D eigenvalue weighted by Crippen LogP contribution is 2.32. The molecule has 0 aromatic heterocycles. The molecule has 1 saturated carbocycles. The Balaban J connectivity index is 1.65. The zero-order chi connectivity index (χ0) is 20.3. The zero-order valence-corrected chi connectivity index (χ0v) is 15.5. The largest absolute Gasteiger partial charge is 0.493 e. The summed E-state index contributed by atoms with van der Waals surface area (Å²) in [7, 11) is 2.65. The summed E-state index contributed by atoms with van der Waals surface area (Å²) in [6.45, 7) is -2.99. The number of nitrogens with one attached hydrogen (secondary N) is 3. The Hall–Kier alpha value is -2.46. The number of methoxy groups -OCH3 is 2. The van der Waals surface area contributed by atoms with Gasteiger partial charge in [-0.2, -0.15) is 8.78 Å². The Morgan fingerprint density at radius 2 is 1.96 bits per heavy atom. The van der Waals surface area contributed by atoms with Crippen molar-refractivity contribution in [1.29, 1.82) is 0 Å². The van der Waals surface area contributed by atoms with E-state index in [1.165, 1.54) is 32.4 Å². The van der Waals surface area contributed by atoms with Crippen molar-refractivity contribution in [2.75, 3.05) is 14.2 Å². The minimum absolute atomic E-state index is 0.00264. The summed E-state index contributed by atoms with van der Waals surface area (Å²) < 4.78 is 39.1. The molecule has 1 amide bonds. The van der Waals surface area contributed by atoms with Gasteiger partial charge >= 0.3 is 12.6 Å². The molecule has 1 saturated heterocycles. The van der Waals surface area contributed by atoms with Gasteiger partial charge in [0, 0.05) is 23.6 Å². The monoisotopic (exact) mass is 399 g/mol. The Morgan fingerprint density at radius 1 is 1.18 bits per heavy atom. The second-order valence-electron chi connectivity index (χ2n) is 6.79. The van der Waals surface area contributed by atoms with E-state index >= 15 is 0 Å². The van der Waals surface area contributed by atoms with Crippen LogP contribution in [0.4, 0.5) is 8.78 Å². The topological polar surface area (TPSA) is 97.9 Å². The lowest BCUT2D eigenvalue weighted by Crippen LogP contribution is -2.46. The number of benzene rings is 1. The molecule has 4 atom stereocenters. The number of hydrogen-bond donors (Lipinski definition) is 3. The Morgan fingerprint density at radius 3 is 2.64 bits per heavy atom. The van der Waals surface area contributed by atoms with E-state index in [1.54, 1.807) is 0 Å². The predicted octanol–water partition coefficient (Wildman–Crippen LogP) is 1.21. The van der Waals surface area contributed by atoms with E-state index in [9.17, 15) is 18.4 Å². The summed E-state index contributed by atoms with van der Waals surface area (Å²) in [6, 6.07) is 3.59. The molecular formula is C18H23F2N3O5. The first-order chi connectivity index (χ1) is 13.4. The van der Waals surface area contributed by atoms with Gasteiger partial charge in [-0.3, -0.25) is 15.0 Å². The van der Waals surface area contributed by atoms with Gasteiger partial charge in [0.05, 0.1) is 14.2 Å². The molecule has 2 fully saturated rings. The minimum Gasteiger partial charge on any atom is -0.493 e. The number of carbonyl (C=O) groups is 2. The van der Waals surface area contributed by atoms with Gasteiger partial charge in [0.2, 0.25) is 0 Å². The van der Waals surface area contributed by atoms with Crippen LogP contribution in [-0.2, 0) is 9.53 Å². The van der Waals surface area contributed by atoms with Crippen molar-refractivity contribution in [3.8, 4) is 11.5 Å². The van der Waals surface area contributed by atoms with Crippen molar-refractivity contribution in [1.82, 2.24) is 16.2 Å². The van der Waals surface area contributed by atoms with Gasteiger partial charge in [-0.1, -0.05) is 0 Å². The van der Waals surface area contributed by atoms with Crippen LogP contribution in [0.2, 0.25) is 0 Å². The third kappa shape index (κ3) is 4.33. The summed E-state index contributed by atoms with van der Waals surface area (Å²) in [6.07, 6.45) is 2.15. The van der Waals surface area contributed by atoms with Gasteiger partial charge in [0.15, 0.2) is 11.5 Å². The van der Waals surface area contributed by atoms with Crippen molar-refractivity contribution >= 4 is 11.9 Å². The number of fused-ring (bicyclic) bond motifs is 1. The molecule has 8 nitrogen and oxygen atoms in total. The van der Waals surface area contributed by atoms with Crippen molar-refractivity contribution in [2.24, 2.45) is 5.92 Å². The summed E-state index contributed by atoms with van der Waals surface area (Å²) in [5.41, 5.74) is 6.34. The highest BCUT2D eigenvalue weighted by Gasteiger charge is 2.44. The van der Waals surface area contributed by atoms with Crippen molar-refractivity contribution in [3.63, 3.8) is 0 Å². The van der Waals surface area contributed by atoms with Crippen LogP contribution >= 0.6 is 0 Å². The standard InChI is InChI=1S/C18H23F2N3O5/c1-26-14-7-9(3-6-13(14)28-18(19)20)16(24)21-10-4-5-12-11(8-10)15(23-22-12)17(25)27-2/h3,6-7,10-12,15,18,22-23H,4-5,8H2,1-2H3,(H,21,24). The van der Waals surface area contributed by atoms with Gasteiger partial charge in [0.25, 0.3) is 5.91 Å². The molecule has 0 radical (unpaired) electrons. The average molecular weight is 399 g/mol. The number of hydrazine groups is 1. The van der Waals surface area contributed by atoms with Gasteiger partial charge in [-0.05, 0) is 37.5 Å². The first-order valence-corrected chi connectivity index (χ1v) is 8.95. The van der Waals surface area contributed by atoms with Crippen molar-refractivity contribution in [2.45, 2.75) is 44.0 Å². The summed E-state index contributed by atoms with van der Waals surface area (Å²) in [5, 5.41) is 2.95. The molecule has 1 aromatic rings. The Labute approximate surface area is 160 Å². The van der Waals surface area contributed by atoms with Gasteiger partial charge in [-0.25, -0.2) is 5.43 Å². The van der Waals surface area contributed by atoms with E-state index < -0.39 is 12.7 Å². The molecule has 0 spiro atoms. The van der Waals surface area contributed by atoms with Crippen LogP contribution in [0.1, 0.15) is 29.6 Å². The second kappa shape index (κ2) is 8.70. The van der Waals surface area contributed by atoms with Crippen LogP contribution in [-0.4, -0.2) is 50.8 Å². The van der Waals surface area contributed by atoms with Gasteiger partial charge in [0.1, 0.15) is 6.04 Å². The summed E-state index contributed by atoms with van der Waals surface area (Å²) >= 11 is 0. The number of rotatable bonds is 6. The van der Waals surface area contributed by atoms with Crippen LogP contribution in [0, 0.1) is 5.92 Å². The second-order valence-corrected chi connectivity index (χ2v) is 6.79. The highest BCUT2D eigenvalue weighted by molar-refractivity contribution is 5.95. The van der Waals surface area contributed by atoms with E-state index in [4.69, 9.17) is 9.47 Å². The molecule has 28 heavy (non-hydrogen) atoms. The maximum absolute atomic E-state index is 12.6. The van der Waals surface area contributed by atoms with Crippen LogP contribution in [0.5, 0.6) is 11.5 Å². The van der Waals surface area contributed by atoms with Crippen molar-refractivity contribution < 1.29 is 32.6 Å². The van der Waals surface area contributed by atoms with Crippen LogP contribution in [0.3, 0.4) is 0 Å². The molecule has 2 aliphatic rings. The average Bonchev–Trinajstić information content (AvgIpc) is 3.10. The molecular weight excluding hydrogens is 376 g/mol. The lowest BCUT2D eigenvalue weighted by Gasteiger charge is -2.32. The molecule has 3 N–H and O–H groups in total. The summed E-state index contributed by atoms with van der Waals surface area (Å²) in [4.78, 5) is 24.5. The molecule has 154 valence electrons. The Bertz CT molecular complexity index is 733. The SMILES string of the molecule is COC(=O)C1NNC2CCC(NC(=O)c3ccc(OC(F)F)c(OC)c3)CC21. The number of halogens is 2. The minimum atomic E-state index is -2.99. The number of hydrogen-bond acceptors (Lipinski definition) is 7.